The molecule has 0 saturated carbocycles. The third kappa shape index (κ3) is 2.52. The van der Waals surface area contributed by atoms with Crippen LogP contribution in [0, 0.1) is 0 Å². The maximum absolute atomic E-state index is 5.88. The third-order valence-corrected chi connectivity index (χ3v) is 1.67. The van der Waals surface area contributed by atoms with E-state index in [4.69, 9.17) is 5.73 Å². The predicted octanol–water partition coefficient (Wildman–Crippen LogP) is 0.400. The molecule has 3 heteroatoms. The summed E-state index contributed by atoms with van der Waals surface area (Å²) in [6.07, 6.45) is 4.19. The van der Waals surface area contributed by atoms with Gasteiger partial charge >= 0.3 is 0 Å². The summed E-state index contributed by atoms with van der Waals surface area (Å²) in [6, 6.07) is 0. The van der Waals surface area contributed by atoms with Crippen LogP contribution in [0.25, 0.3) is 0 Å². The molecule has 0 aromatic heterocycles. The quantitative estimate of drug-likeness (QED) is 0.626. The van der Waals surface area contributed by atoms with Crippen LogP contribution in [0.15, 0.2) is 12.3 Å². The zero-order chi connectivity index (χ0) is 8.48. The Morgan fingerprint density at radius 3 is 2.55 bits per heavy atom. The van der Waals surface area contributed by atoms with Crippen LogP contribution < -0.4 is 5.73 Å². The molecule has 0 unspecified atom stereocenters. The Balaban J connectivity index is 2.40. The molecular formula is C8H17N3. The van der Waals surface area contributed by atoms with Crippen molar-refractivity contribution >= 4 is 0 Å². The molecule has 3 nitrogen and oxygen atoms in total. The molecule has 0 aromatic carbocycles. The Kier molecular flexibility index (Phi) is 2.20. The Bertz CT molecular complexity index is 157. The Labute approximate surface area is 68.4 Å². The molecule has 0 fully saturated rings. The van der Waals surface area contributed by atoms with Crippen LogP contribution in [-0.4, -0.2) is 35.7 Å². The normalized spacial score (nSPS) is 19.8. The summed E-state index contributed by atoms with van der Waals surface area (Å²) >= 11 is 0. The molecule has 0 saturated heterocycles. The minimum Gasteiger partial charge on any atom is -0.324 e. The molecule has 0 radical (unpaired) electrons. The third-order valence-electron chi connectivity index (χ3n) is 1.67. The summed E-state index contributed by atoms with van der Waals surface area (Å²) in [5.41, 5.74) is 5.77. The van der Waals surface area contributed by atoms with Gasteiger partial charge in [-0.25, -0.2) is 5.01 Å². The van der Waals surface area contributed by atoms with Gasteiger partial charge in [0.15, 0.2) is 0 Å². The SMILES string of the molecule is CN1C=CCN1CC(C)(C)N. The lowest BCUT2D eigenvalue weighted by Crippen LogP contribution is -2.48. The maximum atomic E-state index is 5.88. The standard InChI is InChI=1S/C8H17N3/c1-8(2,9)7-11-6-4-5-10(11)3/h4-5H,6-7,9H2,1-3H3. The molecule has 1 aliphatic rings. The van der Waals surface area contributed by atoms with Gasteiger partial charge in [-0.3, -0.25) is 0 Å². The van der Waals surface area contributed by atoms with Gasteiger partial charge in [0.05, 0.1) is 0 Å². The van der Waals surface area contributed by atoms with Gasteiger partial charge in [-0.2, -0.15) is 0 Å². The van der Waals surface area contributed by atoms with Gasteiger partial charge in [0.1, 0.15) is 0 Å². The summed E-state index contributed by atoms with van der Waals surface area (Å²) in [7, 11) is 2.04. The van der Waals surface area contributed by atoms with Gasteiger partial charge in [-0.15, -0.1) is 0 Å². The van der Waals surface area contributed by atoms with Crippen LogP contribution in [0.2, 0.25) is 0 Å². The van der Waals surface area contributed by atoms with Gasteiger partial charge in [0, 0.05) is 31.9 Å². The molecule has 0 amide bonds. The monoisotopic (exact) mass is 155 g/mol. The van der Waals surface area contributed by atoms with E-state index < -0.39 is 0 Å². The summed E-state index contributed by atoms with van der Waals surface area (Å²) < 4.78 is 0. The number of hydrazine groups is 1. The molecule has 0 aromatic rings. The number of nitrogens with two attached hydrogens (primary N) is 1. The largest absolute Gasteiger partial charge is 0.324 e. The number of rotatable bonds is 2. The Morgan fingerprint density at radius 1 is 1.55 bits per heavy atom. The first-order valence-electron chi connectivity index (χ1n) is 3.92. The van der Waals surface area contributed by atoms with E-state index in [1.165, 1.54) is 0 Å². The highest BCUT2D eigenvalue weighted by molar-refractivity contribution is 4.92. The molecule has 0 bridgehead atoms. The summed E-state index contributed by atoms with van der Waals surface area (Å²) in [6.45, 7) is 5.96. The van der Waals surface area contributed by atoms with Crippen molar-refractivity contribution in [2.45, 2.75) is 19.4 Å². The summed E-state index contributed by atoms with van der Waals surface area (Å²) in [4.78, 5) is 0. The second kappa shape index (κ2) is 2.83. The van der Waals surface area contributed by atoms with Crippen LogP contribution in [0.4, 0.5) is 0 Å². The van der Waals surface area contributed by atoms with Gasteiger partial charge in [0.25, 0.3) is 0 Å². The van der Waals surface area contributed by atoms with Gasteiger partial charge in [-0.1, -0.05) is 6.08 Å². The van der Waals surface area contributed by atoms with Gasteiger partial charge in [0.2, 0.25) is 0 Å². The van der Waals surface area contributed by atoms with Gasteiger partial charge < -0.3 is 10.7 Å². The molecule has 64 valence electrons. The van der Waals surface area contributed by atoms with Crippen LogP contribution in [0.1, 0.15) is 13.8 Å². The van der Waals surface area contributed by atoms with E-state index in [1.807, 2.05) is 20.9 Å². The number of hydrogen-bond acceptors (Lipinski definition) is 3. The Hall–Kier alpha value is -0.540. The van der Waals surface area contributed by atoms with Crippen molar-refractivity contribution in [3.05, 3.63) is 12.3 Å². The van der Waals surface area contributed by atoms with E-state index in [0.717, 1.165) is 13.1 Å². The summed E-state index contributed by atoms with van der Waals surface area (Å²) in [5, 5.41) is 4.29. The summed E-state index contributed by atoms with van der Waals surface area (Å²) in [5.74, 6) is 0. The fourth-order valence-corrected chi connectivity index (χ4v) is 1.19. The van der Waals surface area contributed by atoms with Crippen LogP contribution >= 0.6 is 0 Å². The Morgan fingerprint density at radius 2 is 2.18 bits per heavy atom. The topological polar surface area (TPSA) is 32.5 Å². The van der Waals surface area contributed by atoms with E-state index in [2.05, 4.69) is 22.3 Å². The minimum atomic E-state index is -0.111. The molecule has 0 aliphatic carbocycles. The van der Waals surface area contributed by atoms with Crippen molar-refractivity contribution in [2.75, 3.05) is 20.1 Å². The lowest BCUT2D eigenvalue weighted by molar-refractivity contribution is 0.0593. The zero-order valence-electron chi connectivity index (χ0n) is 7.54. The van der Waals surface area contributed by atoms with Crippen LogP contribution in [0.5, 0.6) is 0 Å². The predicted molar refractivity (Wildman–Crippen MR) is 46.7 cm³/mol. The fraction of sp³-hybridized carbons (Fsp3) is 0.750. The van der Waals surface area contributed by atoms with Crippen molar-refractivity contribution in [2.24, 2.45) is 5.73 Å². The number of hydrogen-bond donors (Lipinski definition) is 1. The zero-order valence-corrected chi connectivity index (χ0v) is 7.54. The van der Waals surface area contributed by atoms with E-state index in [-0.39, 0.29) is 5.54 Å². The number of nitrogens with zero attached hydrogens (tertiary/aromatic N) is 2. The molecule has 2 N–H and O–H groups in total. The first-order valence-corrected chi connectivity index (χ1v) is 3.92. The lowest BCUT2D eigenvalue weighted by Gasteiger charge is -2.31. The second-order valence-corrected chi connectivity index (χ2v) is 3.79. The average Bonchev–Trinajstić information content (AvgIpc) is 2.12. The molecule has 1 heterocycles. The first kappa shape index (κ1) is 8.56. The first-order chi connectivity index (χ1) is 4.99. The smallest absolute Gasteiger partial charge is 0.0379 e. The highest BCUT2D eigenvalue weighted by atomic mass is 15.6. The molecule has 0 spiro atoms. The molecule has 11 heavy (non-hydrogen) atoms. The fourth-order valence-electron chi connectivity index (χ4n) is 1.19. The van der Waals surface area contributed by atoms with Crippen molar-refractivity contribution in [1.29, 1.82) is 0 Å². The van der Waals surface area contributed by atoms with E-state index in [0.29, 0.717) is 0 Å². The van der Waals surface area contributed by atoms with Crippen molar-refractivity contribution in [3.8, 4) is 0 Å². The van der Waals surface area contributed by atoms with Crippen molar-refractivity contribution in [1.82, 2.24) is 10.0 Å². The van der Waals surface area contributed by atoms with Crippen molar-refractivity contribution in [3.63, 3.8) is 0 Å². The maximum Gasteiger partial charge on any atom is 0.0379 e. The minimum absolute atomic E-state index is 0.111. The molecule has 1 aliphatic heterocycles. The molecule has 1 rings (SSSR count). The molecular weight excluding hydrogens is 138 g/mol. The van der Waals surface area contributed by atoms with Crippen molar-refractivity contribution < 1.29 is 0 Å². The van der Waals surface area contributed by atoms with E-state index in [9.17, 15) is 0 Å². The van der Waals surface area contributed by atoms with E-state index >= 15 is 0 Å². The van der Waals surface area contributed by atoms with Gasteiger partial charge in [-0.05, 0) is 13.8 Å². The van der Waals surface area contributed by atoms with Crippen LogP contribution in [-0.2, 0) is 0 Å². The molecule has 0 atom stereocenters. The lowest BCUT2D eigenvalue weighted by atomic mass is 10.1. The highest BCUT2D eigenvalue weighted by Crippen LogP contribution is 2.08. The van der Waals surface area contributed by atoms with Crippen LogP contribution in [0.3, 0.4) is 0 Å². The second-order valence-electron chi connectivity index (χ2n) is 3.79. The highest BCUT2D eigenvalue weighted by Gasteiger charge is 2.19. The van der Waals surface area contributed by atoms with E-state index in [1.54, 1.807) is 0 Å². The average molecular weight is 155 g/mol.